The summed E-state index contributed by atoms with van der Waals surface area (Å²) in [6.07, 6.45) is 3.59. The van der Waals surface area contributed by atoms with Gasteiger partial charge in [-0.05, 0) is 51.3 Å². The molecule has 1 aliphatic rings. The van der Waals surface area contributed by atoms with E-state index in [2.05, 4.69) is 19.9 Å². The summed E-state index contributed by atoms with van der Waals surface area (Å²) in [7, 11) is 1.62. The Morgan fingerprint density at radius 1 is 1.28 bits per heavy atom. The van der Waals surface area contributed by atoms with Crippen LogP contribution in [0, 0.1) is 0 Å². The van der Waals surface area contributed by atoms with Crippen molar-refractivity contribution in [1.29, 1.82) is 0 Å². The van der Waals surface area contributed by atoms with Crippen molar-refractivity contribution in [3.8, 4) is 11.5 Å². The molecular weight excluding hydrogens is 410 g/mol. The van der Waals surface area contributed by atoms with Crippen LogP contribution in [0.5, 0.6) is 11.5 Å². The van der Waals surface area contributed by atoms with Gasteiger partial charge in [-0.15, -0.1) is 0 Å². The lowest BCUT2D eigenvalue weighted by molar-refractivity contribution is 0.0699. The summed E-state index contributed by atoms with van der Waals surface area (Å²) in [6.45, 7) is 6.42. The number of nitrogens with zero attached hydrogens (tertiary/aromatic N) is 4. The minimum atomic E-state index is -1.12. The van der Waals surface area contributed by atoms with Crippen LogP contribution in [0.1, 0.15) is 51.4 Å². The average molecular weight is 442 g/mol. The monoisotopic (exact) mass is 441 g/mol. The van der Waals surface area contributed by atoms with Crippen LogP contribution >= 0.6 is 0 Å². The molecular formula is C23H31N5O4. The smallest absolute Gasteiger partial charge is 0.176 e. The third-order valence-electron chi connectivity index (χ3n) is 5.62. The first-order valence-corrected chi connectivity index (χ1v) is 11.0. The molecule has 0 aliphatic heterocycles. The fourth-order valence-electron chi connectivity index (χ4n) is 3.96. The van der Waals surface area contributed by atoms with Crippen LogP contribution in [0.4, 0.5) is 0 Å². The Kier molecular flexibility index (Phi) is 6.21. The largest absolute Gasteiger partial charge is 0.493 e. The standard InChI is InChI=1S/C23H31N5O4/c1-5-24-20-19-21(27-22(26-19)23(2,3)30)28(13-25-20)12-14-6-9-17(31-4)18(10-14)32-16-8-7-15(29)11-16/h6,9-10,13,15-16,29-30H,5,7-8,11-12H2,1-4H3,(H,26,27). The number of hydrogen-bond donors (Lipinski definition) is 3. The minimum Gasteiger partial charge on any atom is -0.493 e. The maximum absolute atomic E-state index is 10.4. The lowest BCUT2D eigenvalue weighted by Crippen LogP contribution is -2.17. The van der Waals surface area contributed by atoms with Gasteiger partial charge in [0.25, 0.3) is 0 Å². The molecule has 0 saturated heterocycles. The fraction of sp³-hybridized carbons (Fsp3) is 0.522. The number of H-pyrrole nitrogens is 1. The summed E-state index contributed by atoms with van der Waals surface area (Å²) in [4.78, 5) is 16.8. The Hall–Kier alpha value is -2.91. The second kappa shape index (κ2) is 8.91. The summed E-state index contributed by atoms with van der Waals surface area (Å²) < 4.78 is 13.5. The van der Waals surface area contributed by atoms with E-state index in [-0.39, 0.29) is 12.2 Å². The molecule has 2 unspecified atom stereocenters. The van der Waals surface area contributed by atoms with E-state index >= 15 is 0 Å². The number of aromatic nitrogens is 4. The molecule has 0 amide bonds. The second-order valence-corrected chi connectivity index (χ2v) is 8.71. The highest BCUT2D eigenvalue weighted by Crippen LogP contribution is 2.33. The van der Waals surface area contributed by atoms with Crippen molar-refractivity contribution in [2.24, 2.45) is 4.99 Å². The van der Waals surface area contributed by atoms with Gasteiger partial charge in [-0.25, -0.2) is 9.97 Å². The number of benzene rings is 1. The minimum absolute atomic E-state index is 0.0224. The maximum Gasteiger partial charge on any atom is 0.176 e. The Labute approximate surface area is 186 Å². The van der Waals surface area contributed by atoms with Gasteiger partial charge in [-0.1, -0.05) is 6.07 Å². The summed E-state index contributed by atoms with van der Waals surface area (Å²) in [5, 5.41) is 20.3. The molecule has 1 aliphatic carbocycles. The fourth-order valence-corrected chi connectivity index (χ4v) is 3.96. The summed E-state index contributed by atoms with van der Waals surface area (Å²) >= 11 is 0. The number of imidazole rings is 1. The van der Waals surface area contributed by atoms with Crippen LogP contribution in [0.2, 0.25) is 0 Å². The molecule has 1 fully saturated rings. The first-order valence-electron chi connectivity index (χ1n) is 11.0. The molecule has 3 N–H and O–H groups in total. The molecule has 0 bridgehead atoms. The van der Waals surface area contributed by atoms with E-state index in [0.717, 1.165) is 18.4 Å². The second-order valence-electron chi connectivity index (χ2n) is 8.71. The highest BCUT2D eigenvalue weighted by molar-refractivity contribution is 5.70. The van der Waals surface area contributed by atoms with E-state index in [4.69, 9.17) is 9.47 Å². The first-order chi connectivity index (χ1) is 15.3. The van der Waals surface area contributed by atoms with Crippen molar-refractivity contribution in [2.45, 2.75) is 64.4 Å². The van der Waals surface area contributed by atoms with E-state index in [0.29, 0.717) is 53.5 Å². The molecule has 1 aromatic carbocycles. The summed E-state index contributed by atoms with van der Waals surface area (Å²) in [5.41, 5.74) is 1.80. The van der Waals surface area contributed by atoms with Crippen molar-refractivity contribution in [1.82, 2.24) is 19.5 Å². The van der Waals surface area contributed by atoms with Crippen LogP contribution in [0.25, 0.3) is 11.2 Å². The number of fused-ring (bicyclic) bond motifs is 1. The van der Waals surface area contributed by atoms with Gasteiger partial charge >= 0.3 is 0 Å². The van der Waals surface area contributed by atoms with Gasteiger partial charge < -0.3 is 29.2 Å². The van der Waals surface area contributed by atoms with Crippen molar-refractivity contribution in [3.05, 3.63) is 41.4 Å². The van der Waals surface area contributed by atoms with Gasteiger partial charge in [0.2, 0.25) is 0 Å². The van der Waals surface area contributed by atoms with Gasteiger partial charge in [0, 0.05) is 13.0 Å². The lowest BCUT2D eigenvalue weighted by Gasteiger charge is -2.17. The first kappa shape index (κ1) is 22.3. The predicted octanol–water partition coefficient (Wildman–Crippen LogP) is 2.26. The SMILES string of the molecule is CCN=c1ncn(Cc2ccc(OC)c(OC3CCC(O)C3)c2)c2nc(C(C)(C)O)[nH]c12. The zero-order chi connectivity index (χ0) is 22.9. The maximum atomic E-state index is 10.4. The van der Waals surface area contributed by atoms with Crippen molar-refractivity contribution >= 4 is 11.2 Å². The number of hydrogen-bond acceptors (Lipinski definition) is 7. The molecule has 9 heteroatoms. The quantitative estimate of drug-likeness (QED) is 0.518. The number of aromatic amines is 1. The molecule has 9 nitrogen and oxygen atoms in total. The number of aliphatic hydroxyl groups is 2. The molecule has 32 heavy (non-hydrogen) atoms. The summed E-state index contributed by atoms with van der Waals surface area (Å²) in [5.74, 6) is 1.77. The van der Waals surface area contributed by atoms with Crippen LogP contribution in [0.3, 0.4) is 0 Å². The molecule has 172 valence electrons. The zero-order valence-corrected chi connectivity index (χ0v) is 19.0. The van der Waals surface area contributed by atoms with Gasteiger partial charge in [0.1, 0.15) is 23.0 Å². The van der Waals surface area contributed by atoms with Gasteiger partial charge in [-0.2, -0.15) is 0 Å². The van der Waals surface area contributed by atoms with Gasteiger partial charge in [-0.3, -0.25) is 4.99 Å². The van der Waals surface area contributed by atoms with E-state index in [1.807, 2.05) is 29.7 Å². The van der Waals surface area contributed by atoms with E-state index < -0.39 is 5.60 Å². The number of ether oxygens (including phenoxy) is 2. The molecule has 2 heterocycles. The van der Waals surface area contributed by atoms with Gasteiger partial charge in [0.05, 0.1) is 26.1 Å². The highest BCUT2D eigenvalue weighted by Gasteiger charge is 2.26. The van der Waals surface area contributed by atoms with Crippen LogP contribution in [-0.4, -0.2) is 55.6 Å². The predicted molar refractivity (Wildman–Crippen MR) is 120 cm³/mol. The number of nitrogens with one attached hydrogen (secondary N) is 1. The third-order valence-corrected chi connectivity index (χ3v) is 5.62. The van der Waals surface area contributed by atoms with Crippen LogP contribution in [0.15, 0.2) is 29.5 Å². The van der Waals surface area contributed by atoms with Gasteiger partial charge in [0.15, 0.2) is 22.6 Å². The topological polar surface area (TPSA) is 118 Å². The van der Waals surface area contributed by atoms with Crippen molar-refractivity contribution in [3.63, 3.8) is 0 Å². The number of aliphatic hydroxyl groups excluding tert-OH is 1. The van der Waals surface area contributed by atoms with E-state index in [9.17, 15) is 10.2 Å². The van der Waals surface area contributed by atoms with Crippen molar-refractivity contribution in [2.75, 3.05) is 13.7 Å². The highest BCUT2D eigenvalue weighted by atomic mass is 16.5. The Morgan fingerprint density at radius 3 is 2.75 bits per heavy atom. The molecule has 1 saturated carbocycles. The Bertz CT molecular complexity index is 1160. The van der Waals surface area contributed by atoms with E-state index in [1.165, 1.54) is 0 Å². The Morgan fingerprint density at radius 2 is 2.09 bits per heavy atom. The van der Waals surface area contributed by atoms with Crippen LogP contribution in [-0.2, 0) is 12.1 Å². The van der Waals surface area contributed by atoms with Crippen molar-refractivity contribution < 1.29 is 19.7 Å². The number of methoxy groups -OCH3 is 1. The average Bonchev–Trinajstić information content (AvgIpc) is 3.37. The van der Waals surface area contributed by atoms with E-state index in [1.54, 1.807) is 27.3 Å². The molecule has 2 aromatic heterocycles. The number of rotatable bonds is 7. The zero-order valence-electron chi connectivity index (χ0n) is 19.0. The summed E-state index contributed by atoms with van der Waals surface area (Å²) in [6, 6.07) is 5.81. The molecule has 3 aromatic rings. The lowest BCUT2D eigenvalue weighted by atomic mass is 10.1. The normalized spacial score (nSPS) is 19.6. The Balaban J connectivity index is 1.70. The molecule has 0 spiro atoms. The molecule has 0 radical (unpaired) electrons. The van der Waals surface area contributed by atoms with Crippen LogP contribution < -0.4 is 15.0 Å². The molecule has 4 rings (SSSR count). The third kappa shape index (κ3) is 4.63. The molecule has 2 atom stereocenters.